The molecule has 6 rings (SSSR count). The van der Waals surface area contributed by atoms with E-state index in [9.17, 15) is 0 Å². The lowest BCUT2D eigenvalue weighted by Gasteiger charge is -2.27. The van der Waals surface area contributed by atoms with Crippen molar-refractivity contribution in [2.24, 2.45) is 0 Å². The van der Waals surface area contributed by atoms with Crippen molar-refractivity contribution in [2.45, 2.75) is 36.4 Å². The Morgan fingerprint density at radius 1 is 0.914 bits per heavy atom. The van der Waals surface area contributed by atoms with Crippen LogP contribution in [0.25, 0.3) is 22.3 Å². The van der Waals surface area contributed by atoms with Crippen molar-refractivity contribution in [2.75, 3.05) is 37.8 Å². The van der Waals surface area contributed by atoms with Crippen LogP contribution in [0.3, 0.4) is 0 Å². The fourth-order valence-electron chi connectivity index (χ4n) is 4.49. The number of hydrogen-bond donors (Lipinski definition) is 0. The highest BCUT2D eigenvalue weighted by atomic mass is 32.2. The Hall–Kier alpha value is -3.01. The van der Waals surface area contributed by atoms with E-state index in [1.807, 2.05) is 22.9 Å². The first kappa shape index (κ1) is 22.5. The summed E-state index contributed by atoms with van der Waals surface area (Å²) in [6.45, 7) is 3.68. The molecule has 2 aliphatic heterocycles. The summed E-state index contributed by atoms with van der Waals surface area (Å²) >= 11 is 1.63. The van der Waals surface area contributed by atoms with Crippen molar-refractivity contribution in [3.63, 3.8) is 0 Å². The highest BCUT2D eigenvalue weighted by molar-refractivity contribution is 7.98. The molecule has 0 aliphatic carbocycles. The van der Waals surface area contributed by atoms with Gasteiger partial charge in [0.15, 0.2) is 11.0 Å². The predicted molar refractivity (Wildman–Crippen MR) is 136 cm³/mol. The topological polar surface area (TPSA) is 78.2 Å². The molecule has 0 bridgehead atoms. The van der Waals surface area contributed by atoms with E-state index >= 15 is 0 Å². The zero-order chi connectivity index (χ0) is 23.5. The number of morpholine rings is 1. The number of rotatable bonds is 6. The molecule has 2 aliphatic rings. The second-order valence-electron chi connectivity index (χ2n) is 8.78. The molecule has 0 spiro atoms. The predicted octanol–water partition coefficient (Wildman–Crippen LogP) is 4.72. The first-order chi connectivity index (χ1) is 17.3. The number of aromatic nitrogens is 5. The number of fused-ring (bicyclic) bond motifs is 1. The third-order valence-corrected chi connectivity index (χ3v) is 7.29. The number of ether oxygens (including phenoxy) is 2. The van der Waals surface area contributed by atoms with Crippen molar-refractivity contribution in [1.82, 2.24) is 24.7 Å². The molecular weight excluding hydrogens is 460 g/mol. The van der Waals surface area contributed by atoms with E-state index in [0.717, 1.165) is 66.3 Å². The third kappa shape index (κ3) is 5.03. The van der Waals surface area contributed by atoms with Crippen molar-refractivity contribution in [1.29, 1.82) is 0 Å². The van der Waals surface area contributed by atoms with Crippen molar-refractivity contribution >= 4 is 28.6 Å². The van der Waals surface area contributed by atoms with Crippen molar-refractivity contribution < 1.29 is 9.47 Å². The normalized spacial score (nSPS) is 18.7. The maximum Gasteiger partial charge on any atom is 0.230 e. The SMILES string of the molecule is c1ccc(CSc2nc(-c3cccc4nn(C5CCCCO5)cc34)nc(N3CCOCC3)n2)cc1. The summed E-state index contributed by atoms with van der Waals surface area (Å²) in [5.74, 6) is 2.18. The van der Waals surface area contributed by atoms with Gasteiger partial charge in [-0.15, -0.1) is 0 Å². The van der Waals surface area contributed by atoms with Crippen LogP contribution in [-0.2, 0) is 15.2 Å². The Morgan fingerprint density at radius 2 is 1.80 bits per heavy atom. The summed E-state index contributed by atoms with van der Waals surface area (Å²) < 4.78 is 13.5. The van der Waals surface area contributed by atoms with Gasteiger partial charge in [-0.25, -0.2) is 9.67 Å². The van der Waals surface area contributed by atoms with Crippen LogP contribution in [0.2, 0.25) is 0 Å². The maximum atomic E-state index is 5.97. The fourth-order valence-corrected chi connectivity index (χ4v) is 5.28. The molecule has 0 saturated carbocycles. The zero-order valence-corrected chi connectivity index (χ0v) is 20.4. The molecule has 2 fully saturated rings. The van der Waals surface area contributed by atoms with Crippen molar-refractivity contribution in [3.05, 3.63) is 60.3 Å². The Morgan fingerprint density at radius 3 is 2.63 bits per heavy atom. The van der Waals surface area contributed by atoms with Gasteiger partial charge in [0.25, 0.3) is 0 Å². The van der Waals surface area contributed by atoms with Crippen LogP contribution < -0.4 is 4.90 Å². The molecule has 35 heavy (non-hydrogen) atoms. The molecule has 8 nitrogen and oxygen atoms in total. The number of benzene rings is 2. The first-order valence-corrected chi connectivity index (χ1v) is 13.2. The van der Waals surface area contributed by atoms with E-state index in [1.54, 1.807) is 11.8 Å². The van der Waals surface area contributed by atoms with E-state index in [0.29, 0.717) is 25.0 Å². The Labute approximate surface area is 208 Å². The maximum absolute atomic E-state index is 5.97. The van der Waals surface area contributed by atoms with Gasteiger partial charge in [0.05, 0.1) is 18.7 Å². The van der Waals surface area contributed by atoms with E-state index in [2.05, 4.69) is 41.4 Å². The lowest BCUT2D eigenvalue weighted by molar-refractivity contribution is -0.0390. The molecule has 0 radical (unpaired) electrons. The summed E-state index contributed by atoms with van der Waals surface area (Å²) in [5, 5.41) is 6.57. The largest absolute Gasteiger partial charge is 0.378 e. The van der Waals surface area contributed by atoms with E-state index in [1.165, 1.54) is 5.56 Å². The third-order valence-electron chi connectivity index (χ3n) is 6.37. The van der Waals surface area contributed by atoms with Gasteiger partial charge in [-0.3, -0.25) is 0 Å². The second kappa shape index (κ2) is 10.3. The number of anilines is 1. The number of thioether (sulfide) groups is 1. The summed E-state index contributed by atoms with van der Waals surface area (Å²) in [4.78, 5) is 16.8. The molecule has 0 N–H and O–H groups in total. The Balaban J connectivity index is 1.37. The van der Waals surface area contributed by atoms with E-state index in [-0.39, 0.29) is 6.23 Å². The summed E-state index contributed by atoms with van der Waals surface area (Å²) in [6, 6.07) is 16.5. The molecular formula is C26H28N6O2S. The van der Waals surface area contributed by atoms with Gasteiger partial charge < -0.3 is 14.4 Å². The summed E-state index contributed by atoms with van der Waals surface area (Å²) in [6.07, 6.45) is 5.32. The highest BCUT2D eigenvalue weighted by Gasteiger charge is 2.21. The molecule has 2 aromatic carbocycles. The quantitative estimate of drug-likeness (QED) is 0.361. The van der Waals surface area contributed by atoms with E-state index in [4.69, 9.17) is 29.5 Å². The molecule has 1 atom stereocenters. The minimum absolute atomic E-state index is 0.0109. The van der Waals surface area contributed by atoms with Crippen LogP contribution in [0.1, 0.15) is 31.1 Å². The standard InChI is InChI=1S/C26H28N6O2S/c1-2-7-19(8-3-1)18-35-26-28-24(27-25(29-26)31-12-15-33-16-13-31)20-9-6-10-22-21(20)17-32(30-22)23-11-4-5-14-34-23/h1-3,6-10,17,23H,4-5,11-16,18H2. The average molecular weight is 489 g/mol. The van der Waals surface area contributed by atoms with Crippen LogP contribution in [0.5, 0.6) is 0 Å². The number of nitrogens with zero attached hydrogens (tertiary/aromatic N) is 6. The minimum atomic E-state index is -0.0109. The lowest BCUT2D eigenvalue weighted by atomic mass is 10.1. The van der Waals surface area contributed by atoms with Crippen LogP contribution in [0.4, 0.5) is 5.95 Å². The molecule has 4 aromatic rings. The summed E-state index contributed by atoms with van der Waals surface area (Å²) in [5.41, 5.74) is 3.12. The van der Waals surface area contributed by atoms with E-state index < -0.39 is 0 Å². The molecule has 9 heteroatoms. The first-order valence-electron chi connectivity index (χ1n) is 12.2. The second-order valence-corrected chi connectivity index (χ2v) is 9.73. The number of hydrogen-bond acceptors (Lipinski definition) is 8. The Kier molecular flexibility index (Phi) is 6.62. The van der Waals surface area contributed by atoms with Gasteiger partial charge in [-0.05, 0) is 30.9 Å². The van der Waals surface area contributed by atoms with Gasteiger partial charge in [0.1, 0.15) is 6.23 Å². The van der Waals surface area contributed by atoms with Gasteiger partial charge in [-0.1, -0.05) is 54.2 Å². The van der Waals surface area contributed by atoms with Crippen LogP contribution in [-0.4, -0.2) is 57.6 Å². The van der Waals surface area contributed by atoms with Crippen LogP contribution >= 0.6 is 11.8 Å². The van der Waals surface area contributed by atoms with Gasteiger partial charge in [-0.2, -0.15) is 15.1 Å². The average Bonchev–Trinajstić information content (AvgIpc) is 3.38. The molecule has 180 valence electrons. The highest BCUT2D eigenvalue weighted by Crippen LogP contribution is 2.31. The molecule has 1 unspecified atom stereocenters. The van der Waals surface area contributed by atoms with Crippen molar-refractivity contribution in [3.8, 4) is 11.4 Å². The fraction of sp³-hybridized carbons (Fsp3) is 0.385. The summed E-state index contributed by atoms with van der Waals surface area (Å²) in [7, 11) is 0. The minimum Gasteiger partial charge on any atom is -0.378 e. The van der Waals surface area contributed by atoms with Crippen LogP contribution in [0, 0.1) is 0 Å². The zero-order valence-electron chi connectivity index (χ0n) is 19.5. The van der Waals surface area contributed by atoms with Gasteiger partial charge >= 0.3 is 0 Å². The monoisotopic (exact) mass is 488 g/mol. The van der Waals surface area contributed by atoms with Gasteiger partial charge in [0, 0.05) is 42.6 Å². The van der Waals surface area contributed by atoms with Crippen LogP contribution in [0.15, 0.2) is 59.9 Å². The molecule has 2 aromatic heterocycles. The molecule has 2 saturated heterocycles. The van der Waals surface area contributed by atoms with Gasteiger partial charge in [0.2, 0.25) is 5.95 Å². The lowest BCUT2D eigenvalue weighted by Crippen LogP contribution is -2.37. The molecule has 4 heterocycles. The molecule has 0 amide bonds. The smallest absolute Gasteiger partial charge is 0.230 e. The Bertz CT molecular complexity index is 1290.